The van der Waals surface area contributed by atoms with Crippen LogP contribution in [0.15, 0.2) is 9.52 Å². The van der Waals surface area contributed by atoms with Gasteiger partial charge in [0.2, 0.25) is 15.9 Å². The van der Waals surface area contributed by atoms with Gasteiger partial charge in [-0.05, 0) is 13.8 Å². The van der Waals surface area contributed by atoms with Gasteiger partial charge in [-0.15, -0.1) is 0 Å². The molecule has 0 unspecified atom stereocenters. The van der Waals surface area contributed by atoms with Crippen LogP contribution in [0.25, 0.3) is 0 Å². The molecule has 26 heavy (non-hydrogen) atoms. The topological polar surface area (TPSA) is 113 Å². The van der Waals surface area contributed by atoms with Gasteiger partial charge < -0.3 is 19.5 Å². The molecule has 148 valence electrons. The third-order valence-corrected chi connectivity index (χ3v) is 5.74. The minimum Gasteiger partial charge on any atom is -0.378 e. The summed E-state index contributed by atoms with van der Waals surface area (Å²) in [5.41, 5.74) is 0. The van der Waals surface area contributed by atoms with Crippen LogP contribution in [0.3, 0.4) is 0 Å². The highest BCUT2D eigenvalue weighted by Gasteiger charge is 2.28. The number of aliphatic imine (C=N–C) groups is 1. The van der Waals surface area contributed by atoms with Crippen molar-refractivity contribution in [3.63, 3.8) is 0 Å². The summed E-state index contributed by atoms with van der Waals surface area (Å²) in [4.78, 5) is 10.4. The van der Waals surface area contributed by atoms with E-state index in [4.69, 9.17) is 9.26 Å². The summed E-state index contributed by atoms with van der Waals surface area (Å²) in [6.45, 7) is 8.10. The maximum atomic E-state index is 12.4. The van der Waals surface area contributed by atoms with E-state index in [0.717, 1.165) is 0 Å². The lowest BCUT2D eigenvalue weighted by Gasteiger charge is -2.35. The zero-order valence-corrected chi connectivity index (χ0v) is 16.6. The van der Waals surface area contributed by atoms with Crippen LogP contribution in [0.5, 0.6) is 0 Å². The van der Waals surface area contributed by atoms with Crippen molar-refractivity contribution < 1.29 is 17.7 Å². The summed E-state index contributed by atoms with van der Waals surface area (Å²) in [6, 6.07) is 0. The maximum Gasteiger partial charge on any atom is 0.223 e. The highest BCUT2D eigenvalue weighted by Crippen LogP contribution is 2.09. The van der Waals surface area contributed by atoms with Gasteiger partial charge in [0.1, 0.15) is 0 Å². The van der Waals surface area contributed by atoms with E-state index in [2.05, 4.69) is 20.4 Å². The Hall–Kier alpha value is -1.72. The highest BCUT2D eigenvalue weighted by atomic mass is 32.2. The first kappa shape index (κ1) is 20.6. The fourth-order valence-electron chi connectivity index (χ4n) is 2.60. The molecular weight excluding hydrogens is 360 g/mol. The molecule has 0 spiro atoms. The summed E-state index contributed by atoms with van der Waals surface area (Å²) in [6.07, 6.45) is 0.0273. The number of ether oxygens (including phenoxy) is 1. The molecule has 0 radical (unpaired) electrons. The second kappa shape index (κ2) is 9.28. The molecule has 0 amide bonds. The SMILES string of the molecule is CN=C(NCc1noc(C)n1)N1CCN(S(=O)(=O)CCOC(C)C)CC1. The minimum atomic E-state index is -3.30. The van der Waals surface area contributed by atoms with E-state index in [1.165, 1.54) is 4.31 Å². The van der Waals surface area contributed by atoms with Crippen LogP contribution < -0.4 is 5.32 Å². The number of guanidine groups is 1. The molecule has 1 saturated heterocycles. The largest absolute Gasteiger partial charge is 0.378 e. The summed E-state index contributed by atoms with van der Waals surface area (Å²) in [5.74, 6) is 1.76. The Morgan fingerprint density at radius 2 is 2.04 bits per heavy atom. The average molecular weight is 388 g/mol. The second-order valence-corrected chi connectivity index (χ2v) is 8.34. The molecule has 1 N–H and O–H groups in total. The van der Waals surface area contributed by atoms with Gasteiger partial charge in [0.25, 0.3) is 0 Å². The van der Waals surface area contributed by atoms with Gasteiger partial charge in [0.05, 0.1) is 25.0 Å². The maximum absolute atomic E-state index is 12.4. The monoisotopic (exact) mass is 388 g/mol. The van der Waals surface area contributed by atoms with Gasteiger partial charge in [-0.1, -0.05) is 5.16 Å². The quantitative estimate of drug-likeness (QED) is 0.506. The lowest BCUT2D eigenvalue weighted by atomic mass is 10.4. The van der Waals surface area contributed by atoms with Crippen molar-refractivity contribution in [3.8, 4) is 0 Å². The Morgan fingerprint density at radius 1 is 1.35 bits per heavy atom. The van der Waals surface area contributed by atoms with Gasteiger partial charge in [-0.2, -0.15) is 9.29 Å². The predicted octanol–water partition coefficient (Wildman–Crippen LogP) is -0.174. The van der Waals surface area contributed by atoms with Crippen LogP contribution in [0.4, 0.5) is 0 Å². The van der Waals surface area contributed by atoms with Crippen LogP contribution in [0.1, 0.15) is 25.6 Å². The molecule has 0 aliphatic carbocycles. The molecule has 0 atom stereocenters. The number of aromatic nitrogens is 2. The Kier molecular flexibility index (Phi) is 7.35. The summed E-state index contributed by atoms with van der Waals surface area (Å²) >= 11 is 0. The highest BCUT2D eigenvalue weighted by molar-refractivity contribution is 7.89. The molecule has 0 aromatic carbocycles. The Bertz CT molecular complexity index is 695. The van der Waals surface area contributed by atoms with Gasteiger partial charge >= 0.3 is 0 Å². The Labute approximate surface area is 154 Å². The predicted molar refractivity (Wildman–Crippen MR) is 97.3 cm³/mol. The first-order valence-corrected chi connectivity index (χ1v) is 10.3. The van der Waals surface area contributed by atoms with E-state index in [1.807, 2.05) is 18.7 Å². The summed E-state index contributed by atoms with van der Waals surface area (Å²) in [5, 5.41) is 7.00. The molecule has 1 aliphatic rings. The fraction of sp³-hybridized carbons (Fsp3) is 0.800. The molecule has 1 aromatic heterocycles. The molecule has 1 fully saturated rings. The molecule has 2 rings (SSSR count). The number of aryl methyl sites for hydroxylation is 1. The second-order valence-electron chi connectivity index (χ2n) is 6.25. The number of sulfonamides is 1. The van der Waals surface area contributed by atoms with E-state index in [0.29, 0.717) is 50.4 Å². The first-order chi connectivity index (χ1) is 12.3. The van der Waals surface area contributed by atoms with Crippen LogP contribution >= 0.6 is 0 Å². The minimum absolute atomic E-state index is 0.00926. The van der Waals surface area contributed by atoms with Crippen molar-refractivity contribution in [3.05, 3.63) is 11.7 Å². The van der Waals surface area contributed by atoms with Crippen LogP contribution in [-0.2, 0) is 21.3 Å². The number of rotatable bonds is 7. The van der Waals surface area contributed by atoms with Crippen LogP contribution in [-0.4, -0.2) is 85.4 Å². The van der Waals surface area contributed by atoms with Crippen molar-refractivity contribution in [1.29, 1.82) is 0 Å². The van der Waals surface area contributed by atoms with Gasteiger partial charge in [0, 0.05) is 40.2 Å². The summed E-state index contributed by atoms with van der Waals surface area (Å²) in [7, 11) is -1.61. The van der Waals surface area contributed by atoms with Gasteiger partial charge in [0.15, 0.2) is 11.8 Å². The smallest absolute Gasteiger partial charge is 0.223 e. The lowest BCUT2D eigenvalue weighted by Crippen LogP contribution is -2.54. The number of piperazine rings is 1. The van der Waals surface area contributed by atoms with Crippen LogP contribution in [0.2, 0.25) is 0 Å². The van der Waals surface area contributed by atoms with E-state index in [1.54, 1.807) is 14.0 Å². The molecule has 2 heterocycles. The number of nitrogens with zero attached hydrogens (tertiary/aromatic N) is 5. The first-order valence-electron chi connectivity index (χ1n) is 8.66. The van der Waals surface area contributed by atoms with Crippen LogP contribution in [0, 0.1) is 6.92 Å². The van der Waals surface area contributed by atoms with Gasteiger partial charge in [-0.25, -0.2) is 8.42 Å². The number of hydrogen-bond acceptors (Lipinski definition) is 7. The van der Waals surface area contributed by atoms with Crippen molar-refractivity contribution in [1.82, 2.24) is 24.7 Å². The molecule has 11 heteroatoms. The van der Waals surface area contributed by atoms with Crippen molar-refractivity contribution in [2.45, 2.75) is 33.4 Å². The van der Waals surface area contributed by atoms with Crippen molar-refractivity contribution >= 4 is 16.0 Å². The zero-order chi connectivity index (χ0) is 19.2. The van der Waals surface area contributed by atoms with E-state index in [-0.39, 0.29) is 18.5 Å². The molecule has 0 bridgehead atoms. The number of nitrogens with one attached hydrogen (secondary N) is 1. The lowest BCUT2D eigenvalue weighted by molar-refractivity contribution is 0.0904. The molecule has 0 saturated carbocycles. The van der Waals surface area contributed by atoms with Crippen molar-refractivity contribution in [2.24, 2.45) is 4.99 Å². The van der Waals surface area contributed by atoms with Gasteiger partial charge in [-0.3, -0.25) is 4.99 Å². The normalized spacial score (nSPS) is 17.1. The van der Waals surface area contributed by atoms with E-state index >= 15 is 0 Å². The molecule has 10 nitrogen and oxygen atoms in total. The average Bonchev–Trinajstić information content (AvgIpc) is 3.01. The molecule has 1 aliphatic heterocycles. The summed E-state index contributed by atoms with van der Waals surface area (Å²) < 4.78 is 36.6. The molecular formula is C15H28N6O4S. The third-order valence-electron chi connectivity index (χ3n) is 3.91. The fourth-order valence-corrected chi connectivity index (χ4v) is 3.88. The zero-order valence-electron chi connectivity index (χ0n) is 15.8. The molecule has 1 aromatic rings. The Balaban J connectivity index is 1.82. The Morgan fingerprint density at radius 3 is 2.58 bits per heavy atom. The van der Waals surface area contributed by atoms with E-state index < -0.39 is 10.0 Å². The van der Waals surface area contributed by atoms with Crippen molar-refractivity contribution in [2.75, 3.05) is 45.6 Å². The van der Waals surface area contributed by atoms with E-state index in [9.17, 15) is 8.42 Å². The third kappa shape index (κ3) is 5.92. The standard InChI is InChI=1S/C15H28N6O4S/c1-12(2)24-9-10-26(22,23)21-7-5-20(6-8-21)15(16-4)17-11-14-18-13(3)25-19-14/h12H,5-11H2,1-4H3,(H,16,17). The number of hydrogen-bond donors (Lipinski definition) is 1.